The Morgan fingerprint density at radius 3 is 3.07 bits per heavy atom. The number of ether oxygens (including phenoxy) is 2. The van der Waals surface area contributed by atoms with E-state index in [0.29, 0.717) is 23.5 Å². The Bertz CT molecular complexity index is 365. The molecule has 0 saturated heterocycles. The second kappa shape index (κ2) is 4.16. The van der Waals surface area contributed by atoms with Gasteiger partial charge in [0, 0.05) is 18.1 Å². The van der Waals surface area contributed by atoms with E-state index in [0.717, 1.165) is 0 Å². The van der Waals surface area contributed by atoms with E-state index in [1.165, 1.54) is 6.07 Å². The van der Waals surface area contributed by atoms with Crippen LogP contribution in [-0.4, -0.2) is 18.5 Å². The average molecular weight is 212 g/mol. The molecule has 1 aromatic carbocycles. The topological polar surface area (TPSA) is 38.7 Å². The zero-order valence-corrected chi connectivity index (χ0v) is 8.50. The predicted octanol–water partition coefficient (Wildman–Crippen LogP) is 1.79. The van der Waals surface area contributed by atoms with Crippen LogP contribution in [0.3, 0.4) is 0 Å². The summed E-state index contributed by atoms with van der Waals surface area (Å²) in [5.41, 5.74) is 1.20. The van der Waals surface area contributed by atoms with Crippen molar-refractivity contribution >= 4 is 0 Å². The van der Waals surface area contributed by atoms with Gasteiger partial charge in [0.15, 0.2) is 6.79 Å². The predicted molar refractivity (Wildman–Crippen MR) is 52.2 cm³/mol. The molecular formula is C11H13FO3. The first-order valence-electron chi connectivity index (χ1n) is 4.86. The molecular weight excluding hydrogens is 199 g/mol. The molecule has 1 heterocycles. The molecule has 0 aliphatic carbocycles. The van der Waals surface area contributed by atoms with Gasteiger partial charge in [-0.15, -0.1) is 0 Å². The zero-order chi connectivity index (χ0) is 10.8. The maximum atomic E-state index is 13.6. The minimum atomic E-state index is -0.315. The third-order valence-corrected chi connectivity index (χ3v) is 2.54. The lowest BCUT2D eigenvalue weighted by atomic mass is 9.99. The van der Waals surface area contributed by atoms with Crippen LogP contribution in [0.2, 0.25) is 0 Å². The minimum Gasteiger partial charge on any atom is -0.467 e. The molecule has 1 unspecified atom stereocenters. The Morgan fingerprint density at radius 1 is 1.53 bits per heavy atom. The molecule has 0 spiro atoms. The molecule has 0 fully saturated rings. The van der Waals surface area contributed by atoms with E-state index in [-0.39, 0.29) is 25.1 Å². The van der Waals surface area contributed by atoms with Gasteiger partial charge in [0.2, 0.25) is 0 Å². The number of aliphatic hydroxyl groups is 1. The first-order chi connectivity index (χ1) is 7.22. The fourth-order valence-corrected chi connectivity index (χ4v) is 1.59. The molecule has 4 heteroatoms. The number of hydrogen-bond acceptors (Lipinski definition) is 3. The first kappa shape index (κ1) is 10.4. The van der Waals surface area contributed by atoms with E-state index in [1.807, 2.05) is 0 Å². The SMILES string of the molecule is CC(CO)c1cc2c(cc1F)COCO2. The van der Waals surface area contributed by atoms with Gasteiger partial charge in [0.25, 0.3) is 0 Å². The number of fused-ring (bicyclic) bond motifs is 1. The summed E-state index contributed by atoms with van der Waals surface area (Å²) >= 11 is 0. The van der Waals surface area contributed by atoms with Crippen molar-refractivity contribution in [3.05, 3.63) is 29.1 Å². The van der Waals surface area contributed by atoms with Crippen molar-refractivity contribution in [3.8, 4) is 5.75 Å². The second-order valence-corrected chi connectivity index (χ2v) is 3.68. The number of aliphatic hydroxyl groups excluding tert-OH is 1. The molecule has 82 valence electrons. The molecule has 1 N–H and O–H groups in total. The van der Waals surface area contributed by atoms with Crippen LogP contribution < -0.4 is 4.74 Å². The molecule has 1 aliphatic rings. The third kappa shape index (κ3) is 1.96. The van der Waals surface area contributed by atoms with Gasteiger partial charge in [-0.25, -0.2) is 4.39 Å². The Kier molecular flexibility index (Phi) is 2.88. The van der Waals surface area contributed by atoms with Crippen LogP contribution in [0.25, 0.3) is 0 Å². The van der Waals surface area contributed by atoms with Crippen LogP contribution >= 0.6 is 0 Å². The fraction of sp³-hybridized carbons (Fsp3) is 0.455. The van der Waals surface area contributed by atoms with E-state index in [1.54, 1.807) is 13.0 Å². The highest BCUT2D eigenvalue weighted by atomic mass is 19.1. The molecule has 1 atom stereocenters. The van der Waals surface area contributed by atoms with Crippen molar-refractivity contribution in [3.63, 3.8) is 0 Å². The van der Waals surface area contributed by atoms with Crippen LogP contribution in [0.15, 0.2) is 12.1 Å². The normalized spacial score (nSPS) is 16.7. The lowest BCUT2D eigenvalue weighted by molar-refractivity contribution is -0.0167. The second-order valence-electron chi connectivity index (χ2n) is 3.68. The van der Waals surface area contributed by atoms with E-state index in [4.69, 9.17) is 14.6 Å². The molecule has 0 amide bonds. The van der Waals surface area contributed by atoms with Crippen molar-refractivity contribution < 1.29 is 19.0 Å². The summed E-state index contributed by atoms with van der Waals surface area (Å²) in [6.07, 6.45) is 0. The third-order valence-electron chi connectivity index (χ3n) is 2.54. The van der Waals surface area contributed by atoms with E-state index < -0.39 is 0 Å². The van der Waals surface area contributed by atoms with Gasteiger partial charge < -0.3 is 14.6 Å². The van der Waals surface area contributed by atoms with Crippen LogP contribution in [0.5, 0.6) is 5.75 Å². The summed E-state index contributed by atoms with van der Waals surface area (Å²) in [5, 5.41) is 8.98. The maximum absolute atomic E-state index is 13.6. The van der Waals surface area contributed by atoms with Crippen molar-refractivity contribution in [2.24, 2.45) is 0 Å². The lowest BCUT2D eigenvalue weighted by Crippen LogP contribution is -2.13. The molecule has 1 aliphatic heterocycles. The van der Waals surface area contributed by atoms with Crippen LogP contribution in [-0.2, 0) is 11.3 Å². The summed E-state index contributed by atoms with van der Waals surface area (Å²) < 4.78 is 23.9. The van der Waals surface area contributed by atoms with Crippen molar-refractivity contribution in [2.75, 3.05) is 13.4 Å². The Labute approximate surface area is 87.4 Å². The summed E-state index contributed by atoms with van der Waals surface area (Å²) in [6, 6.07) is 3.06. The summed E-state index contributed by atoms with van der Waals surface area (Å²) in [6.45, 7) is 2.27. The van der Waals surface area contributed by atoms with Crippen LogP contribution in [0.1, 0.15) is 24.0 Å². The van der Waals surface area contributed by atoms with Crippen LogP contribution in [0, 0.1) is 5.82 Å². The van der Waals surface area contributed by atoms with E-state index >= 15 is 0 Å². The van der Waals surface area contributed by atoms with Gasteiger partial charge in [-0.2, -0.15) is 0 Å². The highest BCUT2D eigenvalue weighted by molar-refractivity contribution is 5.40. The largest absolute Gasteiger partial charge is 0.467 e. The lowest BCUT2D eigenvalue weighted by Gasteiger charge is -2.20. The van der Waals surface area contributed by atoms with Gasteiger partial charge in [0.05, 0.1) is 6.61 Å². The molecule has 0 bridgehead atoms. The maximum Gasteiger partial charge on any atom is 0.189 e. The Hall–Kier alpha value is -1.13. The smallest absolute Gasteiger partial charge is 0.189 e. The fourth-order valence-electron chi connectivity index (χ4n) is 1.59. The molecule has 0 saturated carbocycles. The van der Waals surface area contributed by atoms with Gasteiger partial charge in [-0.3, -0.25) is 0 Å². The van der Waals surface area contributed by atoms with Gasteiger partial charge in [0.1, 0.15) is 11.6 Å². The summed E-state index contributed by atoms with van der Waals surface area (Å²) in [4.78, 5) is 0. The molecule has 3 nitrogen and oxygen atoms in total. The summed E-state index contributed by atoms with van der Waals surface area (Å²) in [7, 11) is 0. The monoisotopic (exact) mass is 212 g/mol. The molecule has 1 aromatic rings. The Morgan fingerprint density at radius 2 is 2.33 bits per heavy atom. The number of benzene rings is 1. The van der Waals surface area contributed by atoms with Crippen molar-refractivity contribution in [2.45, 2.75) is 19.4 Å². The van der Waals surface area contributed by atoms with Gasteiger partial charge in [-0.05, 0) is 17.7 Å². The highest BCUT2D eigenvalue weighted by Crippen LogP contribution is 2.30. The van der Waals surface area contributed by atoms with Crippen molar-refractivity contribution in [1.82, 2.24) is 0 Å². The Balaban J connectivity index is 2.40. The van der Waals surface area contributed by atoms with E-state index in [9.17, 15) is 4.39 Å². The van der Waals surface area contributed by atoms with Crippen LogP contribution in [0.4, 0.5) is 4.39 Å². The average Bonchev–Trinajstić information content (AvgIpc) is 2.27. The standard InChI is InChI=1S/C11H13FO3/c1-7(4-13)9-3-11-8(2-10(9)12)5-14-6-15-11/h2-3,7,13H,4-6H2,1H3. The minimum absolute atomic E-state index is 0.0772. The zero-order valence-electron chi connectivity index (χ0n) is 8.50. The number of halogens is 1. The quantitative estimate of drug-likeness (QED) is 0.812. The molecule has 15 heavy (non-hydrogen) atoms. The first-order valence-corrected chi connectivity index (χ1v) is 4.86. The van der Waals surface area contributed by atoms with Crippen molar-refractivity contribution in [1.29, 1.82) is 0 Å². The highest BCUT2D eigenvalue weighted by Gasteiger charge is 2.17. The molecule has 0 radical (unpaired) electrons. The number of hydrogen-bond donors (Lipinski definition) is 1. The van der Waals surface area contributed by atoms with Gasteiger partial charge in [-0.1, -0.05) is 6.92 Å². The van der Waals surface area contributed by atoms with E-state index in [2.05, 4.69) is 0 Å². The number of rotatable bonds is 2. The molecule has 2 rings (SSSR count). The summed E-state index contributed by atoms with van der Waals surface area (Å²) in [5.74, 6) is 0.115. The van der Waals surface area contributed by atoms with Gasteiger partial charge >= 0.3 is 0 Å². The molecule has 0 aromatic heterocycles.